The minimum atomic E-state index is -4.54. The number of fused-ring (bicyclic) bond motifs is 1. The Hall–Kier alpha value is -3.07. The van der Waals surface area contributed by atoms with Gasteiger partial charge in [0.2, 0.25) is 0 Å². The van der Waals surface area contributed by atoms with Crippen molar-refractivity contribution in [3.05, 3.63) is 42.0 Å². The standard InChI is InChI=1S/C22H23F3N4O2/c1-29-9-3-4-14(12-29)26-21-18-11-15(31-2)6-8-16(18)20(27-28-21)17-7-5-13(10-19(17)30)22(23,24)25/h5-8,10-11,14,30H,3-4,9,12H2,1-2H3,(H,26,28)/t14-/m1/s1. The Labute approximate surface area is 177 Å². The molecule has 0 unspecified atom stereocenters. The lowest BCUT2D eigenvalue weighted by atomic mass is 10.0. The molecule has 0 amide bonds. The lowest BCUT2D eigenvalue weighted by Crippen LogP contribution is -2.40. The second kappa shape index (κ2) is 8.22. The third-order valence-electron chi connectivity index (χ3n) is 5.53. The van der Waals surface area contributed by atoms with E-state index in [2.05, 4.69) is 27.5 Å². The van der Waals surface area contributed by atoms with Crippen LogP contribution in [-0.2, 0) is 6.18 Å². The number of phenolic OH excluding ortho intramolecular Hbond substituents is 1. The van der Waals surface area contributed by atoms with Crippen LogP contribution in [0.3, 0.4) is 0 Å². The molecule has 2 aromatic carbocycles. The van der Waals surface area contributed by atoms with E-state index in [1.165, 1.54) is 6.07 Å². The molecule has 1 atom stereocenters. The number of hydrogen-bond acceptors (Lipinski definition) is 6. The number of nitrogens with zero attached hydrogens (tertiary/aromatic N) is 3. The number of methoxy groups -OCH3 is 1. The van der Waals surface area contributed by atoms with Crippen molar-refractivity contribution in [2.75, 3.05) is 32.6 Å². The minimum absolute atomic E-state index is 0.180. The molecular formula is C22H23F3N4O2. The molecule has 0 aliphatic carbocycles. The Bertz CT molecular complexity index is 1100. The van der Waals surface area contributed by atoms with E-state index in [1.54, 1.807) is 19.2 Å². The molecule has 9 heteroatoms. The zero-order valence-electron chi connectivity index (χ0n) is 17.2. The number of nitrogens with one attached hydrogen (secondary N) is 1. The fraction of sp³-hybridized carbons (Fsp3) is 0.364. The van der Waals surface area contributed by atoms with Crippen molar-refractivity contribution < 1.29 is 23.0 Å². The average molecular weight is 432 g/mol. The molecule has 6 nitrogen and oxygen atoms in total. The molecule has 1 aliphatic heterocycles. The van der Waals surface area contributed by atoms with Gasteiger partial charge in [-0.3, -0.25) is 0 Å². The van der Waals surface area contributed by atoms with Crippen molar-refractivity contribution in [2.24, 2.45) is 0 Å². The van der Waals surface area contributed by atoms with Gasteiger partial charge in [0.25, 0.3) is 0 Å². The molecule has 0 spiro atoms. The maximum atomic E-state index is 13.0. The zero-order valence-corrected chi connectivity index (χ0v) is 17.2. The summed E-state index contributed by atoms with van der Waals surface area (Å²) in [6.07, 6.45) is -2.47. The molecule has 2 heterocycles. The first-order chi connectivity index (χ1) is 14.8. The zero-order chi connectivity index (χ0) is 22.2. The average Bonchev–Trinajstić information content (AvgIpc) is 2.73. The Morgan fingerprint density at radius 3 is 2.61 bits per heavy atom. The van der Waals surface area contributed by atoms with Crippen molar-refractivity contribution in [2.45, 2.75) is 25.1 Å². The van der Waals surface area contributed by atoms with Crippen LogP contribution in [0.2, 0.25) is 0 Å². The van der Waals surface area contributed by atoms with Gasteiger partial charge < -0.3 is 20.1 Å². The van der Waals surface area contributed by atoms with Crippen LogP contribution in [0.5, 0.6) is 11.5 Å². The molecule has 1 aromatic heterocycles. The first-order valence-electron chi connectivity index (χ1n) is 9.96. The number of alkyl halides is 3. The van der Waals surface area contributed by atoms with E-state index in [0.717, 1.165) is 37.4 Å². The molecule has 3 aromatic rings. The van der Waals surface area contributed by atoms with E-state index in [-0.39, 0.29) is 11.6 Å². The normalized spacial score (nSPS) is 17.6. The van der Waals surface area contributed by atoms with Crippen LogP contribution in [0.15, 0.2) is 36.4 Å². The third-order valence-corrected chi connectivity index (χ3v) is 5.53. The molecule has 1 saturated heterocycles. The Morgan fingerprint density at radius 2 is 1.94 bits per heavy atom. The highest BCUT2D eigenvalue weighted by Crippen LogP contribution is 2.39. The number of anilines is 1. The summed E-state index contributed by atoms with van der Waals surface area (Å²) in [4.78, 5) is 2.24. The fourth-order valence-corrected chi connectivity index (χ4v) is 3.95. The summed E-state index contributed by atoms with van der Waals surface area (Å²) in [7, 11) is 3.62. The van der Waals surface area contributed by atoms with Crippen LogP contribution in [0.25, 0.3) is 22.0 Å². The van der Waals surface area contributed by atoms with Crippen LogP contribution >= 0.6 is 0 Å². The van der Waals surface area contributed by atoms with Gasteiger partial charge in [0.15, 0.2) is 5.82 Å². The largest absolute Gasteiger partial charge is 0.507 e. The molecule has 2 N–H and O–H groups in total. The summed E-state index contributed by atoms with van der Waals surface area (Å²) in [5.74, 6) is 0.687. The highest BCUT2D eigenvalue weighted by Gasteiger charge is 2.31. The Kier molecular flexibility index (Phi) is 5.62. The maximum absolute atomic E-state index is 13.0. The first-order valence-corrected chi connectivity index (χ1v) is 9.96. The van der Waals surface area contributed by atoms with Crippen LogP contribution in [-0.4, -0.2) is 53.5 Å². The smallest absolute Gasteiger partial charge is 0.416 e. The Morgan fingerprint density at radius 1 is 1.13 bits per heavy atom. The number of ether oxygens (including phenoxy) is 1. The summed E-state index contributed by atoms with van der Waals surface area (Å²) in [5.41, 5.74) is -0.442. The second-order valence-corrected chi connectivity index (χ2v) is 7.78. The van der Waals surface area contributed by atoms with Crippen LogP contribution < -0.4 is 10.1 Å². The van der Waals surface area contributed by atoms with Crippen LogP contribution in [0.4, 0.5) is 19.0 Å². The van der Waals surface area contributed by atoms with Crippen molar-refractivity contribution in [1.82, 2.24) is 15.1 Å². The second-order valence-electron chi connectivity index (χ2n) is 7.78. The lowest BCUT2D eigenvalue weighted by Gasteiger charge is -2.30. The number of halogens is 3. The molecule has 1 fully saturated rings. The number of aromatic hydroxyl groups is 1. The quantitative estimate of drug-likeness (QED) is 0.631. The number of piperidine rings is 1. The number of likely N-dealkylation sites (tertiary alicyclic amines) is 1. The molecular weight excluding hydrogens is 409 g/mol. The van der Waals surface area contributed by atoms with Gasteiger partial charge in [-0.25, -0.2) is 0 Å². The molecule has 1 aliphatic rings. The van der Waals surface area contributed by atoms with Gasteiger partial charge in [-0.1, -0.05) is 0 Å². The summed E-state index contributed by atoms with van der Waals surface area (Å²) in [6, 6.07) is 8.37. The monoisotopic (exact) mass is 432 g/mol. The van der Waals surface area contributed by atoms with Gasteiger partial charge in [-0.15, -0.1) is 10.2 Å². The van der Waals surface area contributed by atoms with Gasteiger partial charge in [-0.05, 0) is 62.8 Å². The SMILES string of the molecule is COc1ccc2c(-c3ccc(C(F)(F)F)cc3O)nnc(N[C@@H]3CCCN(C)C3)c2c1. The summed E-state index contributed by atoms with van der Waals surface area (Å²) >= 11 is 0. The molecule has 31 heavy (non-hydrogen) atoms. The summed E-state index contributed by atoms with van der Waals surface area (Å²) in [6.45, 7) is 1.92. The van der Waals surface area contributed by atoms with E-state index in [0.29, 0.717) is 28.7 Å². The molecule has 4 rings (SSSR count). The maximum Gasteiger partial charge on any atom is 0.416 e. The fourth-order valence-electron chi connectivity index (χ4n) is 3.95. The number of likely N-dealkylation sites (N-methyl/N-ethyl adjacent to an activating group) is 1. The van der Waals surface area contributed by atoms with E-state index in [1.807, 2.05) is 6.07 Å². The number of hydrogen-bond donors (Lipinski definition) is 2. The highest BCUT2D eigenvalue weighted by molar-refractivity contribution is 6.01. The summed E-state index contributed by atoms with van der Waals surface area (Å²) < 4.78 is 44.3. The number of phenols is 1. The number of aromatic nitrogens is 2. The predicted molar refractivity (Wildman–Crippen MR) is 112 cm³/mol. The summed E-state index contributed by atoms with van der Waals surface area (Å²) in [5, 5.41) is 23.7. The van der Waals surface area contributed by atoms with E-state index < -0.39 is 17.5 Å². The molecule has 0 radical (unpaired) electrons. The molecule has 164 valence electrons. The van der Waals surface area contributed by atoms with E-state index >= 15 is 0 Å². The van der Waals surface area contributed by atoms with Crippen molar-refractivity contribution in [1.29, 1.82) is 0 Å². The topological polar surface area (TPSA) is 70.5 Å². The van der Waals surface area contributed by atoms with Gasteiger partial charge in [0.05, 0.1) is 12.7 Å². The Balaban J connectivity index is 1.79. The third kappa shape index (κ3) is 4.36. The minimum Gasteiger partial charge on any atom is -0.507 e. The molecule has 0 saturated carbocycles. The van der Waals surface area contributed by atoms with Gasteiger partial charge in [0, 0.05) is 28.9 Å². The van der Waals surface area contributed by atoms with Gasteiger partial charge >= 0.3 is 6.18 Å². The number of benzene rings is 2. The highest BCUT2D eigenvalue weighted by atomic mass is 19.4. The van der Waals surface area contributed by atoms with Crippen molar-refractivity contribution in [3.8, 4) is 22.8 Å². The lowest BCUT2D eigenvalue weighted by molar-refractivity contribution is -0.137. The van der Waals surface area contributed by atoms with Crippen molar-refractivity contribution >= 4 is 16.6 Å². The predicted octanol–water partition coefficient (Wildman–Crippen LogP) is 4.54. The first kappa shape index (κ1) is 21.2. The van der Waals surface area contributed by atoms with Crippen molar-refractivity contribution in [3.63, 3.8) is 0 Å². The van der Waals surface area contributed by atoms with Gasteiger partial charge in [-0.2, -0.15) is 13.2 Å². The number of rotatable bonds is 4. The van der Waals surface area contributed by atoms with E-state index in [9.17, 15) is 18.3 Å². The van der Waals surface area contributed by atoms with E-state index in [4.69, 9.17) is 4.74 Å². The van der Waals surface area contributed by atoms with Gasteiger partial charge in [0.1, 0.15) is 17.2 Å². The van der Waals surface area contributed by atoms with Crippen LogP contribution in [0.1, 0.15) is 18.4 Å². The van der Waals surface area contributed by atoms with Crippen LogP contribution in [0, 0.1) is 0 Å². The molecule has 0 bridgehead atoms.